The van der Waals surface area contributed by atoms with Gasteiger partial charge in [-0.2, -0.15) is 8.78 Å². The Hall–Kier alpha value is -1.87. The van der Waals surface area contributed by atoms with Gasteiger partial charge in [-0.15, -0.1) is 0 Å². The first kappa shape index (κ1) is 16.5. The van der Waals surface area contributed by atoms with Crippen molar-refractivity contribution in [2.24, 2.45) is 0 Å². The van der Waals surface area contributed by atoms with E-state index in [-0.39, 0.29) is 16.9 Å². The maximum absolute atomic E-state index is 13.3. The summed E-state index contributed by atoms with van der Waals surface area (Å²) >= 11 is -3.74. The molecule has 120 valence electrons. The molecule has 0 aliphatic carbocycles. The number of fused-ring (bicyclic) bond motifs is 2. The molecule has 0 radical (unpaired) electrons. The fourth-order valence-corrected chi connectivity index (χ4v) is 2.40. The van der Waals surface area contributed by atoms with Crippen LogP contribution < -0.4 is 4.74 Å². The third-order valence-corrected chi connectivity index (χ3v) is 4.10. The molecular formula is C13H11F2O6S-. The lowest BCUT2D eigenvalue weighted by Crippen LogP contribution is -2.39. The Labute approximate surface area is 126 Å². The van der Waals surface area contributed by atoms with Crippen molar-refractivity contribution in [2.75, 3.05) is 0 Å². The van der Waals surface area contributed by atoms with E-state index in [1.807, 2.05) is 0 Å². The molecule has 2 rings (SSSR count). The van der Waals surface area contributed by atoms with Gasteiger partial charge in [0.2, 0.25) is 0 Å². The van der Waals surface area contributed by atoms with Gasteiger partial charge in [0, 0.05) is 16.6 Å². The topological polar surface area (TPSA) is 92.7 Å². The van der Waals surface area contributed by atoms with Crippen molar-refractivity contribution in [2.45, 2.75) is 32.1 Å². The van der Waals surface area contributed by atoms with Crippen molar-refractivity contribution in [1.29, 1.82) is 0 Å². The highest BCUT2D eigenvalue weighted by atomic mass is 32.2. The number of carbonyl (C=O) groups excluding carboxylic acids is 2. The Morgan fingerprint density at radius 2 is 2.05 bits per heavy atom. The predicted octanol–water partition coefficient (Wildman–Crippen LogP) is 1.85. The number of esters is 2. The van der Waals surface area contributed by atoms with Crippen molar-refractivity contribution in [3.05, 3.63) is 28.3 Å². The second-order valence-corrected chi connectivity index (χ2v) is 5.81. The Kier molecular flexibility index (Phi) is 4.05. The van der Waals surface area contributed by atoms with Crippen LogP contribution in [-0.2, 0) is 15.8 Å². The van der Waals surface area contributed by atoms with E-state index in [2.05, 4.69) is 4.74 Å². The van der Waals surface area contributed by atoms with Gasteiger partial charge >= 0.3 is 17.2 Å². The molecule has 2 atom stereocenters. The average Bonchev–Trinajstić information content (AvgIpc) is 2.58. The standard InChI is InChI=1S/C13H12F2O6S/c1-5-4-8-6(2)10(12(17)21-8)9(5)11(16)20-7(3)13(14,15)22(18)19/h4,7H,1-3H3,(H,18,19)/p-1. The van der Waals surface area contributed by atoms with Crippen LogP contribution in [0.5, 0.6) is 5.75 Å². The average molecular weight is 333 g/mol. The summed E-state index contributed by atoms with van der Waals surface area (Å²) in [5.74, 6) is -1.70. The lowest BCUT2D eigenvalue weighted by atomic mass is 9.98. The molecule has 1 aromatic carbocycles. The van der Waals surface area contributed by atoms with Gasteiger partial charge in [0.1, 0.15) is 5.75 Å². The van der Waals surface area contributed by atoms with Crippen LogP contribution in [0.2, 0.25) is 0 Å². The van der Waals surface area contributed by atoms with E-state index in [1.165, 1.54) is 19.9 Å². The lowest BCUT2D eigenvalue weighted by Gasteiger charge is -2.25. The molecule has 0 aromatic heterocycles. The smallest absolute Gasteiger partial charge is 0.344 e. The van der Waals surface area contributed by atoms with Crippen molar-refractivity contribution in [3.8, 4) is 5.75 Å². The van der Waals surface area contributed by atoms with E-state index in [4.69, 9.17) is 4.74 Å². The summed E-state index contributed by atoms with van der Waals surface area (Å²) in [6.07, 6.45) is -2.21. The summed E-state index contributed by atoms with van der Waals surface area (Å²) < 4.78 is 56.9. The van der Waals surface area contributed by atoms with Gasteiger partial charge in [-0.3, -0.25) is 4.21 Å². The molecule has 22 heavy (non-hydrogen) atoms. The van der Waals surface area contributed by atoms with E-state index in [0.29, 0.717) is 11.1 Å². The largest absolute Gasteiger partial charge is 0.768 e. The van der Waals surface area contributed by atoms with E-state index in [1.54, 1.807) is 0 Å². The number of ether oxygens (including phenoxy) is 2. The summed E-state index contributed by atoms with van der Waals surface area (Å²) in [7, 11) is 0. The fraction of sp³-hybridized carbons (Fsp3) is 0.385. The summed E-state index contributed by atoms with van der Waals surface area (Å²) in [5.41, 5.74) is 0.446. The fourth-order valence-electron chi connectivity index (χ4n) is 2.08. The van der Waals surface area contributed by atoms with Crippen LogP contribution in [0, 0.1) is 13.8 Å². The molecule has 0 N–H and O–H groups in total. The number of carbonyl (C=O) groups is 2. The molecule has 2 bridgehead atoms. The van der Waals surface area contributed by atoms with Crippen molar-refractivity contribution in [1.82, 2.24) is 0 Å². The first-order valence-corrected chi connectivity index (χ1v) is 7.19. The van der Waals surface area contributed by atoms with Crippen LogP contribution in [0.15, 0.2) is 6.07 Å². The molecule has 1 aromatic rings. The molecule has 1 heterocycles. The summed E-state index contributed by atoms with van der Waals surface area (Å²) in [5, 5.41) is -4.24. The number of alkyl halides is 2. The van der Waals surface area contributed by atoms with Gasteiger partial charge in [-0.1, -0.05) is 0 Å². The summed E-state index contributed by atoms with van der Waals surface area (Å²) in [6.45, 7) is 3.78. The number of benzene rings is 1. The van der Waals surface area contributed by atoms with Crippen LogP contribution >= 0.6 is 0 Å². The van der Waals surface area contributed by atoms with Gasteiger partial charge < -0.3 is 14.0 Å². The Balaban J connectivity index is 2.36. The monoisotopic (exact) mass is 333 g/mol. The Morgan fingerprint density at radius 3 is 2.59 bits per heavy atom. The van der Waals surface area contributed by atoms with Crippen molar-refractivity contribution < 1.29 is 36.6 Å². The normalized spacial score (nSPS) is 16.2. The van der Waals surface area contributed by atoms with Crippen LogP contribution in [0.25, 0.3) is 0 Å². The highest BCUT2D eigenvalue weighted by molar-refractivity contribution is 7.80. The number of halogens is 2. The van der Waals surface area contributed by atoms with Gasteiger partial charge in [-0.25, -0.2) is 9.59 Å². The minimum atomic E-state index is -4.24. The highest BCUT2D eigenvalue weighted by Gasteiger charge is 2.42. The lowest BCUT2D eigenvalue weighted by molar-refractivity contribution is -0.0518. The zero-order valence-electron chi connectivity index (χ0n) is 11.8. The third kappa shape index (κ3) is 2.50. The minimum Gasteiger partial charge on any atom is -0.768 e. The molecule has 1 aliphatic rings. The van der Waals surface area contributed by atoms with E-state index in [0.717, 1.165) is 6.92 Å². The van der Waals surface area contributed by atoms with Crippen molar-refractivity contribution >= 4 is 23.0 Å². The molecule has 6 nitrogen and oxygen atoms in total. The molecule has 0 saturated heterocycles. The highest BCUT2D eigenvalue weighted by Crippen LogP contribution is 2.35. The molecule has 0 amide bonds. The number of rotatable bonds is 4. The Bertz CT molecular complexity index is 700. The first-order valence-electron chi connectivity index (χ1n) is 6.12. The van der Waals surface area contributed by atoms with E-state index >= 15 is 0 Å². The third-order valence-electron chi connectivity index (χ3n) is 3.33. The van der Waals surface area contributed by atoms with Gasteiger partial charge in [-0.05, 0) is 32.4 Å². The van der Waals surface area contributed by atoms with Crippen LogP contribution in [0.4, 0.5) is 8.78 Å². The summed E-state index contributed by atoms with van der Waals surface area (Å²) in [4.78, 5) is 23.8. The molecule has 0 spiro atoms. The maximum atomic E-state index is 13.3. The van der Waals surface area contributed by atoms with Crippen molar-refractivity contribution in [3.63, 3.8) is 0 Å². The molecule has 1 aliphatic heterocycles. The molecule has 0 fully saturated rings. The first-order chi connectivity index (χ1) is 10.1. The Morgan fingerprint density at radius 1 is 1.45 bits per heavy atom. The van der Waals surface area contributed by atoms with Crippen LogP contribution in [0.1, 0.15) is 38.8 Å². The molecule has 2 unspecified atom stereocenters. The van der Waals surface area contributed by atoms with E-state index in [9.17, 15) is 27.1 Å². The number of hydrogen-bond acceptors (Lipinski definition) is 6. The molecular weight excluding hydrogens is 322 g/mol. The van der Waals surface area contributed by atoms with Crippen LogP contribution in [0.3, 0.4) is 0 Å². The van der Waals surface area contributed by atoms with Crippen LogP contribution in [-0.4, -0.2) is 32.1 Å². The minimum absolute atomic E-state index is 0.0567. The molecule has 0 saturated carbocycles. The van der Waals surface area contributed by atoms with E-state index < -0.39 is 34.4 Å². The number of hydrogen-bond donors (Lipinski definition) is 0. The van der Waals surface area contributed by atoms with Gasteiger partial charge in [0.15, 0.2) is 6.10 Å². The zero-order valence-corrected chi connectivity index (χ0v) is 12.6. The second-order valence-electron chi connectivity index (χ2n) is 4.80. The SMILES string of the molecule is Cc1cc2c(C)c(c1C(=O)OC(C)C(F)(F)S(=O)[O-])C(=O)O2. The van der Waals surface area contributed by atoms with Gasteiger partial charge in [0.05, 0.1) is 11.1 Å². The quantitative estimate of drug-likeness (QED) is 0.617. The zero-order chi connectivity index (χ0) is 16.8. The molecule has 9 heteroatoms. The summed E-state index contributed by atoms with van der Waals surface area (Å²) in [6, 6.07) is 1.41. The second kappa shape index (κ2) is 5.40. The maximum Gasteiger partial charge on any atom is 0.344 e. The number of aryl methyl sites for hydroxylation is 1. The van der Waals surface area contributed by atoms with Gasteiger partial charge in [0.25, 0.3) is 0 Å². The predicted molar refractivity (Wildman–Crippen MR) is 69.6 cm³/mol.